The predicted octanol–water partition coefficient (Wildman–Crippen LogP) is 2.57. The van der Waals surface area contributed by atoms with Crippen LogP contribution in [-0.4, -0.2) is 23.7 Å². The Morgan fingerprint density at radius 1 is 1.29 bits per heavy atom. The Hall–Kier alpha value is -2.18. The van der Waals surface area contributed by atoms with Gasteiger partial charge >= 0.3 is 5.63 Å². The molecule has 2 atom stereocenters. The zero-order chi connectivity index (χ0) is 18.1. The van der Waals surface area contributed by atoms with Gasteiger partial charge in [0.1, 0.15) is 11.6 Å². The van der Waals surface area contributed by atoms with Crippen molar-refractivity contribution in [2.75, 3.05) is 5.32 Å². The van der Waals surface area contributed by atoms with Crippen LogP contribution in [0.3, 0.4) is 0 Å². The first-order valence-corrected chi connectivity index (χ1v) is 7.85. The molecule has 6 nitrogen and oxygen atoms in total. The quantitative estimate of drug-likeness (QED) is 0.839. The molecular weight excluding hydrogens is 308 g/mol. The van der Waals surface area contributed by atoms with E-state index in [9.17, 15) is 9.59 Å². The Morgan fingerprint density at radius 2 is 1.96 bits per heavy atom. The highest BCUT2D eigenvalue weighted by Gasteiger charge is 2.26. The average molecular weight is 332 g/mol. The number of nitrogens with one attached hydrogen (secondary N) is 1. The van der Waals surface area contributed by atoms with Gasteiger partial charge < -0.3 is 20.2 Å². The molecule has 24 heavy (non-hydrogen) atoms. The van der Waals surface area contributed by atoms with E-state index in [1.165, 1.54) is 6.07 Å². The predicted molar refractivity (Wildman–Crippen MR) is 94.1 cm³/mol. The summed E-state index contributed by atoms with van der Waals surface area (Å²) in [6, 6.07) is 5.77. The Labute approximate surface area is 141 Å². The minimum absolute atomic E-state index is 0.360. The number of fused-ring (bicyclic) bond motifs is 1. The maximum atomic E-state index is 12.3. The highest BCUT2D eigenvalue weighted by molar-refractivity contribution is 5.97. The maximum Gasteiger partial charge on any atom is 0.336 e. The summed E-state index contributed by atoms with van der Waals surface area (Å²) >= 11 is 0. The summed E-state index contributed by atoms with van der Waals surface area (Å²) in [5.41, 5.74) is 6.91. The van der Waals surface area contributed by atoms with E-state index in [2.05, 4.69) is 5.32 Å². The smallest absolute Gasteiger partial charge is 0.336 e. The minimum atomic E-state index is -0.815. The molecule has 0 radical (unpaired) electrons. The maximum absolute atomic E-state index is 12.3. The zero-order valence-corrected chi connectivity index (χ0v) is 14.7. The van der Waals surface area contributed by atoms with E-state index in [1.807, 2.05) is 27.7 Å². The highest BCUT2D eigenvalue weighted by Crippen LogP contribution is 2.21. The van der Waals surface area contributed by atoms with Crippen LogP contribution >= 0.6 is 0 Å². The van der Waals surface area contributed by atoms with Crippen molar-refractivity contribution in [2.45, 2.75) is 52.4 Å². The largest absolute Gasteiger partial charge is 0.423 e. The molecule has 0 fully saturated rings. The number of ether oxygens (including phenoxy) is 1. The lowest BCUT2D eigenvalue weighted by Crippen LogP contribution is -2.47. The molecule has 0 spiro atoms. The van der Waals surface area contributed by atoms with Crippen LogP contribution in [0.15, 0.2) is 33.5 Å². The fraction of sp³-hybridized carbons (Fsp3) is 0.444. The molecular formula is C18H24N2O4. The van der Waals surface area contributed by atoms with Crippen LogP contribution in [-0.2, 0) is 9.53 Å². The van der Waals surface area contributed by atoms with Gasteiger partial charge in [0.25, 0.3) is 0 Å². The number of nitrogens with two attached hydrogens (primary N) is 1. The van der Waals surface area contributed by atoms with E-state index in [4.69, 9.17) is 14.9 Å². The van der Waals surface area contributed by atoms with E-state index in [1.54, 1.807) is 25.1 Å². The van der Waals surface area contributed by atoms with Gasteiger partial charge in [-0.25, -0.2) is 4.79 Å². The molecule has 3 N–H and O–H groups in total. The molecule has 0 aliphatic rings. The standard InChI is InChI=1S/C18H24N2O4/c1-10-8-15(21)23-14-9-12(6-7-13(10)14)20-17(22)16(19)11(2)24-18(3,4)5/h6-9,11,16H,19H2,1-5H3,(H,20,22)/t11-,16-/m0/s1. The van der Waals surface area contributed by atoms with Crippen molar-refractivity contribution >= 4 is 22.6 Å². The highest BCUT2D eigenvalue weighted by atomic mass is 16.5. The molecule has 2 rings (SSSR count). The third-order valence-corrected chi connectivity index (χ3v) is 3.57. The number of benzene rings is 1. The summed E-state index contributed by atoms with van der Waals surface area (Å²) in [4.78, 5) is 23.8. The van der Waals surface area contributed by atoms with Crippen molar-refractivity contribution in [1.29, 1.82) is 0 Å². The molecule has 1 aromatic heterocycles. The molecule has 130 valence electrons. The molecule has 0 saturated carbocycles. The Bertz CT molecular complexity index is 805. The summed E-state index contributed by atoms with van der Waals surface area (Å²) in [6.45, 7) is 9.31. The second-order valence-corrected chi connectivity index (χ2v) is 6.91. The average Bonchev–Trinajstić information content (AvgIpc) is 2.43. The zero-order valence-electron chi connectivity index (χ0n) is 14.7. The topological polar surface area (TPSA) is 94.6 Å². The number of rotatable bonds is 4. The number of amides is 1. The van der Waals surface area contributed by atoms with E-state index >= 15 is 0 Å². The summed E-state index contributed by atoms with van der Waals surface area (Å²) < 4.78 is 10.9. The first kappa shape index (κ1) is 18.2. The van der Waals surface area contributed by atoms with Crippen LogP contribution in [0.2, 0.25) is 0 Å². The van der Waals surface area contributed by atoms with Crippen molar-refractivity contribution in [3.8, 4) is 0 Å². The van der Waals surface area contributed by atoms with Crippen LogP contribution in [0.25, 0.3) is 11.0 Å². The summed E-state index contributed by atoms with van der Waals surface area (Å²) in [6.07, 6.45) is -0.439. The lowest BCUT2D eigenvalue weighted by molar-refractivity contribution is -0.124. The molecule has 0 saturated heterocycles. The summed E-state index contributed by atoms with van der Waals surface area (Å²) in [7, 11) is 0. The Balaban J connectivity index is 2.17. The minimum Gasteiger partial charge on any atom is -0.423 e. The Morgan fingerprint density at radius 3 is 2.58 bits per heavy atom. The number of hydrogen-bond donors (Lipinski definition) is 2. The normalized spacial score (nSPS) is 14.4. The van der Waals surface area contributed by atoms with Gasteiger partial charge in [-0.2, -0.15) is 0 Å². The first-order chi connectivity index (χ1) is 11.1. The van der Waals surface area contributed by atoms with Crippen molar-refractivity contribution in [2.24, 2.45) is 5.73 Å². The van der Waals surface area contributed by atoms with E-state index in [0.29, 0.717) is 11.3 Å². The second-order valence-electron chi connectivity index (χ2n) is 6.91. The number of aryl methyl sites for hydroxylation is 1. The molecule has 6 heteroatoms. The second kappa shape index (κ2) is 6.75. The van der Waals surface area contributed by atoms with E-state index in [-0.39, 0.29) is 11.5 Å². The molecule has 2 aromatic rings. The molecule has 1 aromatic carbocycles. The summed E-state index contributed by atoms with van der Waals surface area (Å²) in [5.74, 6) is -0.360. The van der Waals surface area contributed by atoms with E-state index < -0.39 is 17.8 Å². The van der Waals surface area contributed by atoms with Crippen molar-refractivity contribution in [3.63, 3.8) is 0 Å². The van der Waals surface area contributed by atoms with Gasteiger partial charge in [0.2, 0.25) is 5.91 Å². The summed E-state index contributed by atoms with van der Waals surface area (Å²) in [5, 5.41) is 3.55. The van der Waals surface area contributed by atoms with E-state index in [0.717, 1.165) is 10.9 Å². The fourth-order valence-electron chi connectivity index (χ4n) is 2.47. The van der Waals surface area contributed by atoms with Crippen LogP contribution in [0.4, 0.5) is 5.69 Å². The van der Waals surface area contributed by atoms with Crippen LogP contribution in [0.1, 0.15) is 33.3 Å². The van der Waals surface area contributed by atoms with Gasteiger partial charge in [-0.3, -0.25) is 4.79 Å². The molecule has 1 amide bonds. The van der Waals surface area contributed by atoms with Gasteiger partial charge in [0, 0.05) is 23.2 Å². The third-order valence-electron chi connectivity index (χ3n) is 3.57. The lowest BCUT2D eigenvalue weighted by atomic mass is 10.1. The first-order valence-electron chi connectivity index (χ1n) is 7.85. The molecule has 0 unspecified atom stereocenters. The number of carbonyl (C=O) groups excluding carboxylic acids is 1. The SMILES string of the molecule is Cc1cc(=O)oc2cc(NC(=O)[C@@H](N)[C@H](C)OC(C)(C)C)ccc12. The van der Waals surface area contributed by atoms with Gasteiger partial charge in [0.15, 0.2) is 0 Å². The molecule has 0 bridgehead atoms. The van der Waals surface area contributed by atoms with Crippen molar-refractivity contribution in [3.05, 3.63) is 40.2 Å². The Kier molecular flexibility index (Phi) is 5.11. The van der Waals surface area contributed by atoms with Gasteiger partial charge in [-0.05, 0) is 52.3 Å². The van der Waals surface area contributed by atoms with Gasteiger partial charge in [-0.1, -0.05) is 0 Å². The van der Waals surface area contributed by atoms with Gasteiger partial charge in [0.05, 0.1) is 11.7 Å². The van der Waals surface area contributed by atoms with Crippen LogP contribution in [0, 0.1) is 6.92 Å². The molecule has 1 heterocycles. The number of carbonyl (C=O) groups is 1. The lowest BCUT2D eigenvalue weighted by Gasteiger charge is -2.28. The monoisotopic (exact) mass is 332 g/mol. The van der Waals surface area contributed by atoms with Crippen molar-refractivity contribution in [1.82, 2.24) is 0 Å². The fourth-order valence-corrected chi connectivity index (χ4v) is 2.47. The van der Waals surface area contributed by atoms with Crippen LogP contribution in [0.5, 0.6) is 0 Å². The molecule has 0 aliphatic carbocycles. The van der Waals surface area contributed by atoms with Crippen molar-refractivity contribution < 1.29 is 13.9 Å². The molecule has 0 aliphatic heterocycles. The van der Waals surface area contributed by atoms with Gasteiger partial charge in [-0.15, -0.1) is 0 Å². The number of anilines is 1. The van der Waals surface area contributed by atoms with Crippen LogP contribution < -0.4 is 16.7 Å². The third kappa shape index (κ3) is 4.43. The number of hydrogen-bond acceptors (Lipinski definition) is 5.